The van der Waals surface area contributed by atoms with Crippen LogP contribution in [-0.4, -0.2) is 51.4 Å². The van der Waals surface area contributed by atoms with Crippen LogP contribution in [0.3, 0.4) is 0 Å². The zero-order valence-electron chi connectivity index (χ0n) is 15.4. The number of H-pyrrole nitrogens is 1. The summed E-state index contributed by atoms with van der Waals surface area (Å²) in [5.41, 5.74) is 1.27. The molecule has 1 spiro atoms. The summed E-state index contributed by atoms with van der Waals surface area (Å²) in [6, 6.07) is 6.57. The highest BCUT2D eigenvalue weighted by Crippen LogP contribution is 2.41. The molecule has 6 nitrogen and oxygen atoms in total. The van der Waals surface area contributed by atoms with Crippen LogP contribution in [0.1, 0.15) is 40.9 Å². The zero-order chi connectivity index (χ0) is 19.0. The predicted octanol–water partition coefficient (Wildman–Crippen LogP) is 2.51. The number of nitrogens with one attached hydrogen (secondary N) is 1. The van der Waals surface area contributed by atoms with Gasteiger partial charge in [0, 0.05) is 37.4 Å². The van der Waals surface area contributed by atoms with Gasteiger partial charge < -0.3 is 9.80 Å². The average molecular weight is 370 g/mol. The lowest BCUT2D eigenvalue weighted by Crippen LogP contribution is -2.50. The van der Waals surface area contributed by atoms with E-state index in [1.807, 2.05) is 6.92 Å². The highest BCUT2D eigenvalue weighted by molar-refractivity contribution is 5.96. The van der Waals surface area contributed by atoms with Gasteiger partial charge in [0.2, 0.25) is 5.91 Å². The molecule has 2 amide bonds. The van der Waals surface area contributed by atoms with Gasteiger partial charge in [-0.2, -0.15) is 5.10 Å². The van der Waals surface area contributed by atoms with Crippen molar-refractivity contribution in [3.05, 3.63) is 53.1 Å². The van der Waals surface area contributed by atoms with E-state index >= 15 is 0 Å². The summed E-state index contributed by atoms with van der Waals surface area (Å²) in [5.74, 6) is -0.336. The van der Waals surface area contributed by atoms with Gasteiger partial charge in [-0.1, -0.05) is 18.2 Å². The summed E-state index contributed by atoms with van der Waals surface area (Å²) in [5, 5.41) is 6.70. The summed E-state index contributed by atoms with van der Waals surface area (Å²) in [6.07, 6.45) is 3.83. The molecule has 2 fully saturated rings. The number of nitrogens with zero attached hydrogens (tertiary/aromatic N) is 3. The van der Waals surface area contributed by atoms with Crippen molar-refractivity contribution in [1.82, 2.24) is 20.0 Å². The molecule has 2 aliphatic heterocycles. The first kappa shape index (κ1) is 17.7. The van der Waals surface area contributed by atoms with Crippen LogP contribution >= 0.6 is 0 Å². The van der Waals surface area contributed by atoms with E-state index in [9.17, 15) is 14.0 Å². The molecule has 4 rings (SSSR count). The molecule has 1 N–H and O–H groups in total. The standard InChI is InChI=1S/C20H23FN4O2/c1-14-16(11-22-23-14)18(26)25-10-8-20(13-25)7-4-9-24(19(20)27)12-15-5-2-3-6-17(15)21/h2-3,5-6,11H,4,7-10,12-13H2,1H3,(H,22,23)/t20-/m1/s1. The Kier molecular flexibility index (Phi) is 4.45. The van der Waals surface area contributed by atoms with E-state index < -0.39 is 5.41 Å². The highest BCUT2D eigenvalue weighted by Gasteiger charge is 2.49. The fourth-order valence-corrected chi connectivity index (χ4v) is 4.30. The fourth-order valence-electron chi connectivity index (χ4n) is 4.30. The Hall–Kier alpha value is -2.70. The Balaban J connectivity index is 1.50. The van der Waals surface area contributed by atoms with E-state index in [-0.39, 0.29) is 24.2 Å². The summed E-state index contributed by atoms with van der Waals surface area (Å²) < 4.78 is 14.0. The number of piperidine rings is 1. The number of likely N-dealkylation sites (tertiary alicyclic amines) is 2. The number of aryl methyl sites for hydroxylation is 1. The van der Waals surface area contributed by atoms with E-state index in [1.165, 1.54) is 12.3 Å². The minimum atomic E-state index is -0.545. The van der Waals surface area contributed by atoms with Crippen molar-refractivity contribution in [2.45, 2.75) is 32.7 Å². The molecule has 3 heterocycles. The second-order valence-corrected chi connectivity index (χ2v) is 7.59. The van der Waals surface area contributed by atoms with E-state index in [0.29, 0.717) is 37.2 Å². The SMILES string of the molecule is Cc1[nH]ncc1C(=O)N1CC[C@]2(CCCN(Cc3ccccc3F)C2=O)C1. The first-order valence-electron chi connectivity index (χ1n) is 9.32. The highest BCUT2D eigenvalue weighted by atomic mass is 19.1. The number of benzene rings is 1. The molecule has 0 bridgehead atoms. The lowest BCUT2D eigenvalue weighted by Gasteiger charge is -2.39. The number of carbonyl (C=O) groups is 2. The second kappa shape index (κ2) is 6.79. The number of hydrogen-bond donors (Lipinski definition) is 1. The van der Waals surface area contributed by atoms with Gasteiger partial charge in [0.25, 0.3) is 5.91 Å². The Morgan fingerprint density at radius 1 is 1.30 bits per heavy atom. The number of halogens is 1. The van der Waals surface area contributed by atoms with Crippen LogP contribution in [0, 0.1) is 18.2 Å². The van der Waals surface area contributed by atoms with Crippen molar-refractivity contribution in [2.75, 3.05) is 19.6 Å². The molecule has 1 aromatic heterocycles. The van der Waals surface area contributed by atoms with Crippen molar-refractivity contribution in [3.8, 4) is 0 Å². The van der Waals surface area contributed by atoms with Gasteiger partial charge in [-0.05, 0) is 32.3 Å². The van der Waals surface area contributed by atoms with E-state index in [0.717, 1.165) is 18.5 Å². The fraction of sp³-hybridized carbons (Fsp3) is 0.450. The lowest BCUT2D eigenvalue weighted by molar-refractivity contribution is -0.146. The summed E-state index contributed by atoms with van der Waals surface area (Å²) in [4.78, 5) is 29.5. The lowest BCUT2D eigenvalue weighted by atomic mass is 9.78. The third kappa shape index (κ3) is 3.11. The molecule has 7 heteroatoms. The van der Waals surface area contributed by atoms with Crippen molar-refractivity contribution >= 4 is 11.8 Å². The predicted molar refractivity (Wildman–Crippen MR) is 97.3 cm³/mol. The molecule has 27 heavy (non-hydrogen) atoms. The Bertz CT molecular complexity index is 880. The van der Waals surface area contributed by atoms with Gasteiger partial charge in [-0.15, -0.1) is 0 Å². The number of aromatic nitrogens is 2. The maximum atomic E-state index is 14.0. The van der Waals surface area contributed by atoms with Gasteiger partial charge in [0.05, 0.1) is 17.2 Å². The van der Waals surface area contributed by atoms with Crippen LogP contribution in [0.2, 0.25) is 0 Å². The van der Waals surface area contributed by atoms with Crippen LogP contribution in [0.4, 0.5) is 4.39 Å². The van der Waals surface area contributed by atoms with Crippen molar-refractivity contribution in [1.29, 1.82) is 0 Å². The van der Waals surface area contributed by atoms with Crippen LogP contribution in [-0.2, 0) is 11.3 Å². The molecule has 0 unspecified atom stereocenters. The first-order valence-corrected chi connectivity index (χ1v) is 9.32. The van der Waals surface area contributed by atoms with Gasteiger partial charge in [0.1, 0.15) is 5.82 Å². The average Bonchev–Trinajstić information content (AvgIpc) is 3.28. The molecule has 2 aliphatic rings. The molecule has 1 aromatic carbocycles. The van der Waals surface area contributed by atoms with Crippen LogP contribution in [0.5, 0.6) is 0 Å². The summed E-state index contributed by atoms with van der Waals surface area (Å²) in [6.45, 7) is 3.70. The first-order chi connectivity index (χ1) is 13.0. The Morgan fingerprint density at radius 2 is 2.11 bits per heavy atom. The molecule has 2 aromatic rings. The van der Waals surface area contributed by atoms with Gasteiger partial charge in [-0.25, -0.2) is 4.39 Å². The molecule has 0 saturated carbocycles. The summed E-state index contributed by atoms with van der Waals surface area (Å²) in [7, 11) is 0. The second-order valence-electron chi connectivity index (χ2n) is 7.59. The quantitative estimate of drug-likeness (QED) is 0.903. The van der Waals surface area contributed by atoms with Gasteiger partial charge in [0.15, 0.2) is 0 Å². The van der Waals surface area contributed by atoms with Gasteiger partial charge >= 0.3 is 0 Å². The number of aromatic amines is 1. The van der Waals surface area contributed by atoms with E-state index in [4.69, 9.17) is 0 Å². The minimum absolute atomic E-state index is 0.0382. The maximum absolute atomic E-state index is 14.0. The Labute approximate surface area is 157 Å². The monoisotopic (exact) mass is 370 g/mol. The molecule has 0 aliphatic carbocycles. The molecule has 1 atom stereocenters. The topological polar surface area (TPSA) is 69.3 Å². The van der Waals surface area contributed by atoms with Crippen LogP contribution < -0.4 is 0 Å². The zero-order valence-corrected chi connectivity index (χ0v) is 15.4. The molecule has 142 valence electrons. The normalized spacial score (nSPS) is 22.7. The minimum Gasteiger partial charge on any atom is -0.338 e. The van der Waals surface area contributed by atoms with Gasteiger partial charge in [-0.3, -0.25) is 14.7 Å². The van der Waals surface area contributed by atoms with Crippen molar-refractivity contribution in [2.24, 2.45) is 5.41 Å². The summed E-state index contributed by atoms with van der Waals surface area (Å²) >= 11 is 0. The number of hydrogen-bond acceptors (Lipinski definition) is 3. The number of carbonyl (C=O) groups excluding carboxylic acids is 2. The van der Waals surface area contributed by atoms with E-state index in [1.54, 1.807) is 28.0 Å². The van der Waals surface area contributed by atoms with Crippen LogP contribution in [0.15, 0.2) is 30.5 Å². The number of rotatable bonds is 3. The third-order valence-electron chi connectivity index (χ3n) is 5.84. The largest absolute Gasteiger partial charge is 0.338 e. The van der Waals surface area contributed by atoms with Crippen molar-refractivity contribution < 1.29 is 14.0 Å². The molecular formula is C20H23FN4O2. The van der Waals surface area contributed by atoms with Crippen LogP contribution in [0.25, 0.3) is 0 Å². The molecular weight excluding hydrogens is 347 g/mol. The van der Waals surface area contributed by atoms with Crippen molar-refractivity contribution in [3.63, 3.8) is 0 Å². The smallest absolute Gasteiger partial charge is 0.257 e. The maximum Gasteiger partial charge on any atom is 0.257 e. The third-order valence-corrected chi connectivity index (χ3v) is 5.84. The van der Waals surface area contributed by atoms with E-state index in [2.05, 4.69) is 10.2 Å². The molecule has 0 radical (unpaired) electrons. The Morgan fingerprint density at radius 3 is 2.85 bits per heavy atom. The number of amides is 2. The molecule has 2 saturated heterocycles.